The number of hydrogen-bond donors (Lipinski definition) is 2. The lowest BCUT2D eigenvalue weighted by Crippen LogP contribution is -2.20. The van der Waals surface area contributed by atoms with Crippen LogP contribution in [-0.2, 0) is 11.2 Å². The Morgan fingerprint density at radius 1 is 1.15 bits per heavy atom. The fourth-order valence-electron chi connectivity index (χ4n) is 1.95. The maximum atomic E-state index is 11.4. The number of nitrogens with one attached hydrogen (secondary N) is 1. The number of carboxylic acid groups (broad SMARTS) is 1. The van der Waals surface area contributed by atoms with Crippen LogP contribution in [0.5, 0.6) is 0 Å². The van der Waals surface area contributed by atoms with Crippen LogP contribution >= 0.6 is 11.6 Å². The minimum Gasteiger partial charge on any atom is -0.479 e. The molecule has 0 amide bonds. The maximum absolute atomic E-state index is 11.4. The van der Waals surface area contributed by atoms with Gasteiger partial charge in [-0.05, 0) is 41.8 Å². The Morgan fingerprint density at radius 2 is 1.75 bits per heavy atom. The second kappa shape index (κ2) is 6.44. The molecular formula is C16H16ClNO2. The van der Waals surface area contributed by atoms with Crippen molar-refractivity contribution < 1.29 is 9.90 Å². The first-order chi connectivity index (χ1) is 9.60. The van der Waals surface area contributed by atoms with Crippen molar-refractivity contribution in [1.29, 1.82) is 0 Å². The molecule has 2 N–H and O–H groups in total. The number of hydrogen-bond acceptors (Lipinski definition) is 2. The first-order valence-corrected chi connectivity index (χ1v) is 6.81. The van der Waals surface area contributed by atoms with Gasteiger partial charge in [-0.15, -0.1) is 0 Å². The van der Waals surface area contributed by atoms with E-state index in [1.807, 2.05) is 24.3 Å². The van der Waals surface area contributed by atoms with E-state index in [0.29, 0.717) is 5.02 Å². The highest BCUT2D eigenvalue weighted by Crippen LogP contribution is 2.22. The van der Waals surface area contributed by atoms with Crippen LogP contribution in [0.25, 0.3) is 0 Å². The molecule has 0 aliphatic carbocycles. The van der Waals surface area contributed by atoms with Crippen molar-refractivity contribution in [3.63, 3.8) is 0 Å². The molecule has 0 aliphatic heterocycles. The van der Waals surface area contributed by atoms with Gasteiger partial charge in [0.2, 0.25) is 0 Å². The zero-order chi connectivity index (χ0) is 14.5. The van der Waals surface area contributed by atoms with Crippen LogP contribution in [0.1, 0.15) is 24.1 Å². The quantitative estimate of drug-likeness (QED) is 0.870. The van der Waals surface area contributed by atoms with Crippen molar-refractivity contribution in [2.24, 2.45) is 0 Å². The van der Waals surface area contributed by atoms with E-state index in [4.69, 9.17) is 11.6 Å². The number of carbonyl (C=O) groups is 1. The van der Waals surface area contributed by atoms with Gasteiger partial charge in [-0.1, -0.05) is 42.8 Å². The molecule has 1 unspecified atom stereocenters. The number of aliphatic carboxylic acids is 1. The largest absolute Gasteiger partial charge is 0.479 e. The predicted molar refractivity (Wildman–Crippen MR) is 81.3 cm³/mol. The van der Waals surface area contributed by atoms with Gasteiger partial charge in [0.15, 0.2) is 6.04 Å². The van der Waals surface area contributed by atoms with Crippen LogP contribution in [0.3, 0.4) is 0 Å². The van der Waals surface area contributed by atoms with Crippen molar-refractivity contribution in [2.75, 3.05) is 5.32 Å². The summed E-state index contributed by atoms with van der Waals surface area (Å²) in [6, 6.07) is 13.8. The van der Waals surface area contributed by atoms with E-state index >= 15 is 0 Å². The molecule has 0 bridgehead atoms. The third kappa shape index (κ3) is 3.52. The lowest BCUT2D eigenvalue weighted by molar-refractivity contribution is -0.138. The number of aryl methyl sites for hydroxylation is 1. The standard InChI is InChI=1S/C16H16ClNO2/c1-2-11-3-5-12(6-4-11)15(16(19)20)18-14-9-7-13(17)8-10-14/h3-10,15,18H,2H2,1H3,(H,19,20). The van der Waals surface area contributed by atoms with Gasteiger partial charge in [0, 0.05) is 10.7 Å². The molecule has 0 spiro atoms. The Balaban J connectivity index is 2.22. The van der Waals surface area contributed by atoms with Crippen molar-refractivity contribution in [1.82, 2.24) is 0 Å². The van der Waals surface area contributed by atoms with Crippen LogP contribution in [0.4, 0.5) is 5.69 Å². The van der Waals surface area contributed by atoms with Gasteiger partial charge >= 0.3 is 5.97 Å². The lowest BCUT2D eigenvalue weighted by atomic mass is 10.0. The molecule has 4 heteroatoms. The maximum Gasteiger partial charge on any atom is 0.330 e. The van der Waals surface area contributed by atoms with Gasteiger partial charge in [-0.3, -0.25) is 0 Å². The molecular weight excluding hydrogens is 274 g/mol. The molecule has 0 saturated heterocycles. The van der Waals surface area contributed by atoms with Crippen molar-refractivity contribution >= 4 is 23.3 Å². The zero-order valence-corrected chi connectivity index (χ0v) is 11.9. The smallest absolute Gasteiger partial charge is 0.330 e. The summed E-state index contributed by atoms with van der Waals surface area (Å²) in [4.78, 5) is 11.4. The van der Waals surface area contributed by atoms with E-state index in [1.54, 1.807) is 24.3 Å². The van der Waals surface area contributed by atoms with Crippen LogP contribution < -0.4 is 5.32 Å². The molecule has 2 rings (SSSR count). The van der Waals surface area contributed by atoms with E-state index in [0.717, 1.165) is 17.7 Å². The van der Waals surface area contributed by atoms with Gasteiger partial charge in [-0.2, -0.15) is 0 Å². The zero-order valence-electron chi connectivity index (χ0n) is 11.1. The lowest BCUT2D eigenvalue weighted by Gasteiger charge is -2.16. The molecule has 0 fully saturated rings. The van der Waals surface area contributed by atoms with Gasteiger partial charge in [0.1, 0.15) is 0 Å². The molecule has 3 nitrogen and oxygen atoms in total. The third-order valence-electron chi connectivity index (χ3n) is 3.12. The Kier molecular flexibility index (Phi) is 4.64. The molecule has 2 aromatic carbocycles. The molecule has 104 valence electrons. The summed E-state index contributed by atoms with van der Waals surface area (Å²) >= 11 is 5.82. The van der Waals surface area contributed by atoms with Crippen LogP contribution in [-0.4, -0.2) is 11.1 Å². The number of benzene rings is 2. The summed E-state index contributed by atoms with van der Waals surface area (Å²) in [5, 5.41) is 13.0. The molecule has 1 atom stereocenters. The Hall–Kier alpha value is -2.00. The highest BCUT2D eigenvalue weighted by Gasteiger charge is 2.19. The summed E-state index contributed by atoms with van der Waals surface area (Å²) in [5.74, 6) is -0.913. The summed E-state index contributed by atoms with van der Waals surface area (Å²) in [7, 11) is 0. The van der Waals surface area contributed by atoms with E-state index in [2.05, 4.69) is 12.2 Å². The highest BCUT2D eigenvalue weighted by molar-refractivity contribution is 6.30. The van der Waals surface area contributed by atoms with Crippen LogP contribution in [0.15, 0.2) is 48.5 Å². The van der Waals surface area contributed by atoms with E-state index in [-0.39, 0.29) is 0 Å². The molecule has 0 saturated carbocycles. The summed E-state index contributed by atoms with van der Waals surface area (Å²) in [6.07, 6.45) is 0.933. The summed E-state index contributed by atoms with van der Waals surface area (Å²) in [5.41, 5.74) is 2.63. The second-order valence-electron chi connectivity index (χ2n) is 4.52. The fraction of sp³-hybridized carbons (Fsp3) is 0.188. The van der Waals surface area contributed by atoms with Crippen LogP contribution in [0.2, 0.25) is 5.02 Å². The molecule has 20 heavy (non-hydrogen) atoms. The third-order valence-corrected chi connectivity index (χ3v) is 3.38. The average Bonchev–Trinajstić information content (AvgIpc) is 2.46. The van der Waals surface area contributed by atoms with Gasteiger partial charge in [0.25, 0.3) is 0 Å². The van der Waals surface area contributed by atoms with Crippen molar-refractivity contribution in [3.05, 3.63) is 64.7 Å². The van der Waals surface area contributed by atoms with Crippen molar-refractivity contribution in [2.45, 2.75) is 19.4 Å². The first-order valence-electron chi connectivity index (χ1n) is 6.44. The minimum atomic E-state index is -0.913. The Bertz CT molecular complexity index is 578. The first kappa shape index (κ1) is 14.4. The number of halogens is 1. The Labute approximate surface area is 123 Å². The molecule has 0 aliphatic rings. The van der Waals surface area contributed by atoms with Crippen LogP contribution in [0, 0.1) is 0 Å². The van der Waals surface area contributed by atoms with E-state index in [1.165, 1.54) is 5.56 Å². The summed E-state index contributed by atoms with van der Waals surface area (Å²) in [6.45, 7) is 2.07. The molecule has 0 aromatic heterocycles. The number of anilines is 1. The number of rotatable bonds is 5. The van der Waals surface area contributed by atoms with Gasteiger partial charge in [0.05, 0.1) is 0 Å². The normalized spacial score (nSPS) is 11.9. The number of carboxylic acids is 1. The fourth-order valence-corrected chi connectivity index (χ4v) is 2.07. The summed E-state index contributed by atoms with van der Waals surface area (Å²) < 4.78 is 0. The van der Waals surface area contributed by atoms with E-state index in [9.17, 15) is 9.90 Å². The SMILES string of the molecule is CCc1ccc(C(Nc2ccc(Cl)cc2)C(=O)O)cc1. The molecule has 0 radical (unpaired) electrons. The topological polar surface area (TPSA) is 49.3 Å². The predicted octanol–water partition coefficient (Wildman–Crippen LogP) is 4.14. The van der Waals surface area contributed by atoms with Crippen molar-refractivity contribution in [3.8, 4) is 0 Å². The molecule has 2 aromatic rings. The molecule has 0 heterocycles. The average molecular weight is 290 g/mol. The van der Waals surface area contributed by atoms with E-state index < -0.39 is 12.0 Å². The minimum absolute atomic E-state index is 0.620. The Morgan fingerprint density at radius 3 is 2.25 bits per heavy atom. The van der Waals surface area contributed by atoms with Gasteiger partial charge < -0.3 is 10.4 Å². The monoisotopic (exact) mass is 289 g/mol. The second-order valence-corrected chi connectivity index (χ2v) is 4.95. The van der Waals surface area contributed by atoms with Gasteiger partial charge in [-0.25, -0.2) is 4.79 Å². The highest BCUT2D eigenvalue weighted by atomic mass is 35.5.